The van der Waals surface area contributed by atoms with E-state index in [1.807, 2.05) is 4.90 Å². The third-order valence-corrected chi connectivity index (χ3v) is 6.02. The fourth-order valence-electron chi connectivity index (χ4n) is 4.71. The van der Waals surface area contributed by atoms with Crippen molar-refractivity contribution in [3.63, 3.8) is 0 Å². The van der Waals surface area contributed by atoms with Gasteiger partial charge in [-0.1, -0.05) is 13.8 Å². The number of halogens is 1. The Hall–Kier alpha value is -1.29. The van der Waals surface area contributed by atoms with Gasteiger partial charge >= 0.3 is 0 Å². The highest BCUT2D eigenvalue weighted by molar-refractivity contribution is 14.0. The normalized spacial score (nSPS) is 22.9. The molecule has 3 heterocycles. The largest absolute Gasteiger partial charge is 0.459 e. The van der Waals surface area contributed by atoms with Crippen molar-refractivity contribution in [2.45, 2.75) is 40.0 Å². The summed E-state index contributed by atoms with van der Waals surface area (Å²) in [7, 11) is 0. The summed E-state index contributed by atoms with van der Waals surface area (Å²) < 4.78 is 5.25. The maximum atomic E-state index is 12.4. The van der Waals surface area contributed by atoms with Crippen LogP contribution in [0.3, 0.4) is 0 Å². The lowest BCUT2D eigenvalue weighted by atomic mass is 9.92. The Morgan fingerprint density at radius 2 is 1.81 bits per heavy atom. The van der Waals surface area contributed by atoms with E-state index in [9.17, 15) is 4.79 Å². The summed E-state index contributed by atoms with van der Waals surface area (Å²) in [6.45, 7) is 15.2. The molecule has 31 heavy (non-hydrogen) atoms. The average Bonchev–Trinajstić information content (AvgIpc) is 3.26. The van der Waals surface area contributed by atoms with E-state index in [4.69, 9.17) is 9.41 Å². The fraction of sp³-hybridized carbons (Fsp3) is 0.739. The summed E-state index contributed by atoms with van der Waals surface area (Å²) in [5.74, 6) is 3.02. The quantitative estimate of drug-likeness (QED) is 0.247. The van der Waals surface area contributed by atoms with Gasteiger partial charge in [0.1, 0.15) is 0 Å². The third kappa shape index (κ3) is 7.97. The SMILES string of the molecule is CCNC(=NCCCCN1CC(C)CC(C)C1)N1CCN(C(=O)c2ccco2)CC1.I. The number of hydrogen-bond acceptors (Lipinski definition) is 4. The van der Waals surface area contributed by atoms with Gasteiger partial charge in [-0.25, -0.2) is 0 Å². The first-order chi connectivity index (χ1) is 14.6. The second-order valence-electron chi connectivity index (χ2n) is 8.90. The van der Waals surface area contributed by atoms with Crippen LogP contribution in [0.1, 0.15) is 50.6 Å². The number of carbonyl (C=O) groups excluding carboxylic acids is 1. The monoisotopic (exact) mass is 545 g/mol. The first kappa shape index (κ1) is 26.0. The highest BCUT2D eigenvalue weighted by atomic mass is 127. The van der Waals surface area contributed by atoms with Crippen molar-refractivity contribution in [2.75, 3.05) is 58.9 Å². The molecule has 1 aromatic heterocycles. The molecule has 7 nitrogen and oxygen atoms in total. The van der Waals surface area contributed by atoms with Crippen molar-refractivity contribution in [2.24, 2.45) is 16.8 Å². The zero-order valence-corrected chi connectivity index (χ0v) is 21.7. The minimum atomic E-state index is -0.0251. The number of aliphatic imine (C=N–C) groups is 1. The van der Waals surface area contributed by atoms with E-state index in [1.54, 1.807) is 18.4 Å². The zero-order valence-electron chi connectivity index (χ0n) is 19.4. The molecular weight excluding hydrogens is 505 g/mol. The Kier molecular flexibility index (Phi) is 11.1. The van der Waals surface area contributed by atoms with Crippen molar-refractivity contribution in [1.82, 2.24) is 20.0 Å². The zero-order chi connectivity index (χ0) is 21.3. The van der Waals surface area contributed by atoms with E-state index in [0.717, 1.165) is 50.4 Å². The van der Waals surface area contributed by atoms with E-state index < -0.39 is 0 Å². The van der Waals surface area contributed by atoms with Crippen LogP contribution in [0.15, 0.2) is 27.8 Å². The van der Waals surface area contributed by atoms with Gasteiger partial charge in [0.05, 0.1) is 6.26 Å². The number of rotatable bonds is 7. The van der Waals surface area contributed by atoms with Gasteiger partial charge < -0.3 is 24.4 Å². The number of hydrogen-bond donors (Lipinski definition) is 1. The van der Waals surface area contributed by atoms with E-state index in [1.165, 1.54) is 32.5 Å². The molecule has 2 aliphatic rings. The maximum Gasteiger partial charge on any atom is 0.289 e. The third-order valence-electron chi connectivity index (χ3n) is 6.02. The first-order valence-corrected chi connectivity index (χ1v) is 11.6. The van der Waals surface area contributed by atoms with E-state index >= 15 is 0 Å². The second-order valence-corrected chi connectivity index (χ2v) is 8.90. The standard InChI is InChI=1S/C23H39N5O2.HI/c1-4-24-23(25-9-5-6-10-26-17-19(2)16-20(3)18-26)28-13-11-27(12-14-28)22(29)21-8-7-15-30-21;/h7-8,15,19-20H,4-6,9-14,16-18H2,1-3H3,(H,24,25);1H. The van der Waals surface area contributed by atoms with Crippen molar-refractivity contribution in [1.29, 1.82) is 0 Å². The number of unbranched alkanes of at least 4 members (excludes halogenated alkanes) is 1. The molecule has 2 atom stereocenters. The maximum absolute atomic E-state index is 12.4. The second kappa shape index (κ2) is 13.3. The van der Waals surface area contributed by atoms with Crippen LogP contribution in [0.4, 0.5) is 0 Å². The van der Waals surface area contributed by atoms with Crippen LogP contribution in [-0.2, 0) is 0 Å². The molecule has 2 fully saturated rings. The van der Waals surface area contributed by atoms with Crippen LogP contribution < -0.4 is 5.32 Å². The van der Waals surface area contributed by atoms with Gasteiger partial charge in [0.2, 0.25) is 0 Å². The Balaban J connectivity index is 0.00000341. The molecule has 1 N–H and O–H groups in total. The summed E-state index contributed by atoms with van der Waals surface area (Å²) >= 11 is 0. The predicted octanol–water partition coefficient (Wildman–Crippen LogP) is 3.38. The molecule has 2 unspecified atom stereocenters. The molecule has 0 saturated carbocycles. The van der Waals surface area contributed by atoms with Crippen LogP contribution in [0.5, 0.6) is 0 Å². The summed E-state index contributed by atoms with van der Waals surface area (Å²) in [6.07, 6.45) is 5.23. The minimum absolute atomic E-state index is 0. The van der Waals surface area contributed by atoms with Crippen LogP contribution in [0.25, 0.3) is 0 Å². The molecule has 0 radical (unpaired) electrons. The van der Waals surface area contributed by atoms with E-state index in [2.05, 4.69) is 35.9 Å². The van der Waals surface area contributed by atoms with Crippen LogP contribution in [0, 0.1) is 11.8 Å². The van der Waals surface area contributed by atoms with Crippen molar-refractivity contribution < 1.29 is 9.21 Å². The number of piperidine rings is 1. The van der Waals surface area contributed by atoms with Crippen LogP contribution >= 0.6 is 24.0 Å². The van der Waals surface area contributed by atoms with Crippen LogP contribution in [0.2, 0.25) is 0 Å². The number of piperazine rings is 1. The Labute approximate surface area is 204 Å². The number of guanidine groups is 1. The minimum Gasteiger partial charge on any atom is -0.459 e. The average molecular weight is 546 g/mol. The molecule has 2 saturated heterocycles. The lowest BCUT2D eigenvalue weighted by Crippen LogP contribution is -2.53. The summed E-state index contributed by atoms with van der Waals surface area (Å²) in [4.78, 5) is 24.1. The molecule has 176 valence electrons. The molecule has 1 aromatic rings. The molecule has 0 bridgehead atoms. The first-order valence-electron chi connectivity index (χ1n) is 11.6. The van der Waals surface area contributed by atoms with Gasteiger partial charge in [-0.3, -0.25) is 9.79 Å². The Morgan fingerprint density at radius 3 is 2.42 bits per heavy atom. The lowest BCUT2D eigenvalue weighted by molar-refractivity contribution is 0.0657. The van der Waals surface area contributed by atoms with Gasteiger partial charge in [-0.15, -0.1) is 24.0 Å². The lowest BCUT2D eigenvalue weighted by Gasteiger charge is -2.36. The molecule has 2 aliphatic heterocycles. The van der Waals surface area contributed by atoms with E-state index in [-0.39, 0.29) is 29.9 Å². The molecule has 0 aliphatic carbocycles. The summed E-state index contributed by atoms with van der Waals surface area (Å²) in [5, 5.41) is 3.42. The number of carbonyl (C=O) groups is 1. The summed E-state index contributed by atoms with van der Waals surface area (Å²) in [6, 6.07) is 3.48. The topological polar surface area (TPSA) is 64.3 Å². The van der Waals surface area contributed by atoms with Gasteiger partial charge in [0, 0.05) is 52.4 Å². The number of nitrogens with one attached hydrogen (secondary N) is 1. The number of amides is 1. The highest BCUT2D eigenvalue weighted by Gasteiger charge is 2.25. The molecule has 1 amide bonds. The van der Waals surface area contributed by atoms with Crippen molar-refractivity contribution in [3.05, 3.63) is 24.2 Å². The molecular formula is C23H40IN5O2. The van der Waals surface area contributed by atoms with Gasteiger partial charge in [-0.2, -0.15) is 0 Å². The van der Waals surface area contributed by atoms with Crippen LogP contribution in [-0.4, -0.2) is 85.5 Å². The molecule has 3 rings (SSSR count). The van der Waals surface area contributed by atoms with Gasteiger partial charge in [0.15, 0.2) is 11.7 Å². The Morgan fingerprint density at radius 1 is 1.13 bits per heavy atom. The Bertz CT molecular complexity index is 664. The molecule has 0 spiro atoms. The van der Waals surface area contributed by atoms with Crippen molar-refractivity contribution >= 4 is 35.8 Å². The van der Waals surface area contributed by atoms with Gasteiger partial charge in [-0.05, 0) is 56.7 Å². The number of furan rings is 1. The highest BCUT2D eigenvalue weighted by Crippen LogP contribution is 2.21. The molecule has 8 heteroatoms. The van der Waals surface area contributed by atoms with E-state index in [0.29, 0.717) is 18.8 Å². The number of likely N-dealkylation sites (tertiary alicyclic amines) is 1. The molecule has 0 aromatic carbocycles. The predicted molar refractivity (Wildman–Crippen MR) is 136 cm³/mol. The number of nitrogens with zero attached hydrogens (tertiary/aromatic N) is 4. The van der Waals surface area contributed by atoms with Crippen molar-refractivity contribution in [3.8, 4) is 0 Å². The summed E-state index contributed by atoms with van der Waals surface area (Å²) in [5.41, 5.74) is 0. The smallest absolute Gasteiger partial charge is 0.289 e. The van der Waals surface area contributed by atoms with Gasteiger partial charge in [0.25, 0.3) is 5.91 Å². The fourth-order valence-corrected chi connectivity index (χ4v) is 4.71.